The van der Waals surface area contributed by atoms with Gasteiger partial charge in [0.2, 0.25) is 5.91 Å². The number of carbonyl (C=O) groups is 2. The molecule has 2 rings (SSSR count). The first-order valence-corrected chi connectivity index (χ1v) is 8.51. The summed E-state index contributed by atoms with van der Waals surface area (Å²) in [6.07, 6.45) is 4.41. The summed E-state index contributed by atoms with van der Waals surface area (Å²) in [6, 6.07) is 5.14. The van der Waals surface area contributed by atoms with Crippen molar-refractivity contribution in [2.24, 2.45) is 0 Å². The minimum atomic E-state index is -0.926. The number of aliphatic carboxylic acids is 1. The van der Waals surface area contributed by atoms with E-state index in [1.807, 2.05) is 0 Å². The highest BCUT2D eigenvalue weighted by atomic mass is 35.5. The van der Waals surface area contributed by atoms with Crippen molar-refractivity contribution < 1.29 is 24.2 Å². The van der Waals surface area contributed by atoms with Crippen LogP contribution in [-0.4, -0.2) is 54.8 Å². The van der Waals surface area contributed by atoms with Crippen LogP contribution in [-0.2, 0) is 14.3 Å². The second-order valence-corrected chi connectivity index (χ2v) is 6.17. The van der Waals surface area contributed by atoms with Gasteiger partial charge in [-0.25, -0.2) is 0 Å². The van der Waals surface area contributed by atoms with E-state index in [0.717, 1.165) is 0 Å². The molecule has 1 aromatic carbocycles. The quantitative estimate of drug-likeness (QED) is 0.750. The Morgan fingerprint density at radius 2 is 2.12 bits per heavy atom. The SMILES string of the molecule is COc1ccc(Cl)cc1C=CC(=O)N(CCC(=O)O)C1CCOCC1. The van der Waals surface area contributed by atoms with E-state index in [0.29, 0.717) is 42.4 Å². The lowest BCUT2D eigenvalue weighted by molar-refractivity contribution is -0.138. The van der Waals surface area contributed by atoms with Crippen LogP contribution in [0.4, 0.5) is 0 Å². The second-order valence-electron chi connectivity index (χ2n) is 5.74. The smallest absolute Gasteiger partial charge is 0.305 e. The Morgan fingerprint density at radius 1 is 1.40 bits per heavy atom. The van der Waals surface area contributed by atoms with Crippen molar-refractivity contribution in [1.82, 2.24) is 4.90 Å². The number of carboxylic acid groups (broad SMARTS) is 1. The molecule has 1 aliphatic rings. The maximum absolute atomic E-state index is 12.6. The lowest BCUT2D eigenvalue weighted by Gasteiger charge is -2.33. The molecule has 0 spiro atoms. The summed E-state index contributed by atoms with van der Waals surface area (Å²) < 4.78 is 10.6. The Labute approximate surface area is 152 Å². The van der Waals surface area contributed by atoms with Crippen molar-refractivity contribution in [3.05, 3.63) is 34.9 Å². The molecule has 1 fully saturated rings. The molecule has 0 bridgehead atoms. The monoisotopic (exact) mass is 367 g/mol. The molecule has 6 nitrogen and oxygen atoms in total. The molecular weight excluding hydrogens is 346 g/mol. The number of ether oxygens (including phenoxy) is 2. The molecule has 1 saturated heterocycles. The minimum absolute atomic E-state index is 0.00786. The van der Waals surface area contributed by atoms with Gasteiger partial charge in [-0.2, -0.15) is 0 Å². The Balaban J connectivity index is 2.14. The normalized spacial score (nSPS) is 15.3. The predicted octanol–water partition coefficient (Wildman–Crippen LogP) is 2.84. The number of hydrogen-bond donors (Lipinski definition) is 1. The summed E-state index contributed by atoms with van der Waals surface area (Å²) in [7, 11) is 1.55. The highest BCUT2D eigenvalue weighted by Crippen LogP contribution is 2.24. The third-order valence-corrected chi connectivity index (χ3v) is 4.31. The van der Waals surface area contributed by atoms with Gasteiger partial charge in [0.1, 0.15) is 5.75 Å². The summed E-state index contributed by atoms with van der Waals surface area (Å²) in [4.78, 5) is 25.2. The molecule has 0 unspecified atom stereocenters. The molecule has 1 amide bonds. The Morgan fingerprint density at radius 3 is 2.76 bits per heavy atom. The van der Waals surface area contributed by atoms with Crippen LogP contribution < -0.4 is 4.74 Å². The number of nitrogens with zero attached hydrogens (tertiary/aromatic N) is 1. The third kappa shape index (κ3) is 5.76. The fraction of sp³-hybridized carbons (Fsp3) is 0.444. The lowest BCUT2D eigenvalue weighted by atomic mass is 10.1. The van der Waals surface area contributed by atoms with Crippen molar-refractivity contribution in [3.8, 4) is 5.75 Å². The second kappa shape index (κ2) is 9.44. The van der Waals surface area contributed by atoms with Gasteiger partial charge in [0, 0.05) is 42.5 Å². The molecule has 1 heterocycles. The molecule has 0 aromatic heterocycles. The fourth-order valence-electron chi connectivity index (χ4n) is 2.78. The van der Waals surface area contributed by atoms with Gasteiger partial charge in [0.05, 0.1) is 13.5 Å². The molecule has 0 radical (unpaired) electrons. The van der Waals surface area contributed by atoms with E-state index in [-0.39, 0.29) is 24.9 Å². The van der Waals surface area contributed by atoms with Gasteiger partial charge >= 0.3 is 5.97 Å². The first kappa shape index (κ1) is 19.3. The molecule has 136 valence electrons. The van der Waals surface area contributed by atoms with E-state index in [9.17, 15) is 9.59 Å². The summed E-state index contributed by atoms with van der Waals surface area (Å²) in [5.74, 6) is -0.544. The van der Waals surface area contributed by atoms with Crippen LogP contribution in [0.2, 0.25) is 5.02 Å². The zero-order chi connectivity index (χ0) is 18.2. The van der Waals surface area contributed by atoms with Gasteiger partial charge in [0.25, 0.3) is 0 Å². The van der Waals surface area contributed by atoms with Crippen LogP contribution in [0.5, 0.6) is 5.75 Å². The topological polar surface area (TPSA) is 76.1 Å². The molecule has 0 atom stereocenters. The summed E-state index contributed by atoms with van der Waals surface area (Å²) in [5.41, 5.74) is 0.688. The Kier molecular flexibility index (Phi) is 7.28. The van der Waals surface area contributed by atoms with E-state index in [4.69, 9.17) is 26.2 Å². The van der Waals surface area contributed by atoms with Crippen LogP contribution in [0.15, 0.2) is 24.3 Å². The predicted molar refractivity (Wildman–Crippen MR) is 94.8 cm³/mol. The summed E-state index contributed by atoms with van der Waals surface area (Å²) in [5, 5.41) is 9.48. The van der Waals surface area contributed by atoms with Crippen LogP contribution >= 0.6 is 11.6 Å². The Bertz CT molecular complexity index is 640. The van der Waals surface area contributed by atoms with Crippen molar-refractivity contribution in [2.45, 2.75) is 25.3 Å². The summed E-state index contributed by atoms with van der Waals surface area (Å²) >= 11 is 5.99. The average Bonchev–Trinajstić information content (AvgIpc) is 2.61. The number of halogens is 1. The first-order valence-electron chi connectivity index (χ1n) is 8.13. The standard InChI is InChI=1S/C18H22ClNO5/c1-24-16-4-3-14(19)12-13(16)2-5-17(21)20(9-6-18(22)23)15-7-10-25-11-8-15/h2-5,12,15H,6-11H2,1H3,(H,22,23). The van der Waals surface area contributed by atoms with Crippen molar-refractivity contribution in [3.63, 3.8) is 0 Å². The van der Waals surface area contributed by atoms with E-state index in [2.05, 4.69) is 0 Å². The number of hydrogen-bond acceptors (Lipinski definition) is 4. The van der Waals surface area contributed by atoms with E-state index in [1.54, 1.807) is 36.3 Å². The number of rotatable bonds is 7. The van der Waals surface area contributed by atoms with Crippen molar-refractivity contribution in [2.75, 3.05) is 26.9 Å². The fourth-order valence-corrected chi connectivity index (χ4v) is 2.96. The van der Waals surface area contributed by atoms with Crippen LogP contribution in [0, 0.1) is 0 Å². The maximum Gasteiger partial charge on any atom is 0.305 e. The van der Waals surface area contributed by atoms with E-state index in [1.165, 1.54) is 6.08 Å². The average molecular weight is 368 g/mol. The van der Waals surface area contributed by atoms with Crippen molar-refractivity contribution >= 4 is 29.6 Å². The van der Waals surface area contributed by atoms with Gasteiger partial charge in [-0.15, -0.1) is 0 Å². The Hall–Kier alpha value is -2.05. The van der Waals surface area contributed by atoms with Gasteiger partial charge in [-0.3, -0.25) is 9.59 Å². The molecule has 25 heavy (non-hydrogen) atoms. The zero-order valence-corrected chi connectivity index (χ0v) is 14.9. The molecule has 1 N–H and O–H groups in total. The molecule has 1 aromatic rings. The van der Waals surface area contributed by atoms with Crippen molar-refractivity contribution in [1.29, 1.82) is 0 Å². The molecule has 0 saturated carbocycles. The maximum atomic E-state index is 12.6. The number of carbonyl (C=O) groups excluding carboxylic acids is 1. The summed E-state index contributed by atoms with van der Waals surface area (Å²) in [6.45, 7) is 1.33. The number of benzene rings is 1. The van der Waals surface area contributed by atoms with Gasteiger partial charge in [0.15, 0.2) is 0 Å². The number of methoxy groups -OCH3 is 1. The van der Waals surface area contributed by atoms with Gasteiger partial charge in [-0.05, 0) is 37.1 Å². The van der Waals surface area contributed by atoms with Crippen LogP contribution in [0.25, 0.3) is 6.08 Å². The zero-order valence-electron chi connectivity index (χ0n) is 14.1. The largest absolute Gasteiger partial charge is 0.496 e. The van der Waals surface area contributed by atoms with E-state index >= 15 is 0 Å². The molecule has 0 aliphatic carbocycles. The molecule has 1 aliphatic heterocycles. The van der Waals surface area contributed by atoms with Gasteiger partial charge < -0.3 is 19.5 Å². The highest BCUT2D eigenvalue weighted by Gasteiger charge is 2.24. The minimum Gasteiger partial charge on any atom is -0.496 e. The van der Waals surface area contributed by atoms with Gasteiger partial charge in [-0.1, -0.05) is 11.6 Å². The molecule has 7 heteroatoms. The first-order chi connectivity index (χ1) is 12.0. The van der Waals surface area contributed by atoms with E-state index < -0.39 is 5.97 Å². The third-order valence-electron chi connectivity index (χ3n) is 4.08. The number of amides is 1. The molecular formula is C18H22ClNO5. The lowest BCUT2D eigenvalue weighted by Crippen LogP contribution is -2.43. The highest BCUT2D eigenvalue weighted by molar-refractivity contribution is 6.30. The van der Waals surface area contributed by atoms with Crippen LogP contribution in [0.1, 0.15) is 24.8 Å². The number of carboxylic acids is 1. The van der Waals surface area contributed by atoms with Crippen LogP contribution in [0.3, 0.4) is 0 Å².